The summed E-state index contributed by atoms with van der Waals surface area (Å²) in [7, 11) is 0. The number of anilines is 1. The topological polar surface area (TPSA) is 32.3 Å². The molecule has 1 aliphatic carbocycles. The maximum absolute atomic E-state index is 8.94. The summed E-state index contributed by atoms with van der Waals surface area (Å²) < 4.78 is 0. The van der Waals surface area contributed by atoms with E-state index in [2.05, 4.69) is 43.4 Å². The molecule has 2 N–H and O–H groups in total. The second-order valence-corrected chi connectivity index (χ2v) is 6.67. The first-order chi connectivity index (χ1) is 9.67. The van der Waals surface area contributed by atoms with Gasteiger partial charge in [0.05, 0.1) is 0 Å². The van der Waals surface area contributed by atoms with Crippen LogP contribution < -0.4 is 5.32 Å². The van der Waals surface area contributed by atoms with Crippen molar-refractivity contribution in [2.24, 2.45) is 11.8 Å². The normalized spacial score (nSPS) is 23.0. The Morgan fingerprint density at radius 1 is 1.20 bits per heavy atom. The fourth-order valence-corrected chi connectivity index (χ4v) is 3.44. The van der Waals surface area contributed by atoms with Crippen LogP contribution in [0.3, 0.4) is 0 Å². The van der Waals surface area contributed by atoms with E-state index in [0.717, 1.165) is 18.3 Å². The molecule has 1 saturated carbocycles. The van der Waals surface area contributed by atoms with Crippen molar-refractivity contribution in [2.45, 2.75) is 58.4 Å². The standard InChI is InChI=1S/C18H29NO/c1-14(2)12-16-4-3-5-18(13-16)19-17-8-6-15(7-9-17)10-11-20/h6-9,14,16,18-20H,3-5,10-13H2,1-2H3. The summed E-state index contributed by atoms with van der Waals surface area (Å²) in [6.45, 7) is 4.89. The van der Waals surface area contributed by atoms with Gasteiger partial charge >= 0.3 is 0 Å². The molecule has 112 valence electrons. The van der Waals surface area contributed by atoms with E-state index in [1.54, 1.807) is 0 Å². The van der Waals surface area contributed by atoms with Gasteiger partial charge in [-0.3, -0.25) is 0 Å². The highest BCUT2D eigenvalue weighted by atomic mass is 16.2. The van der Waals surface area contributed by atoms with Crippen LogP contribution in [0.4, 0.5) is 5.69 Å². The number of rotatable bonds is 6. The first kappa shape index (κ1) is 15.4. The lowest BCUT2D eigenvalue weighted by atomic mass is 9.81. The van der Waals surface area contributed by atoms with Crippen LogP contribution in [0, 0.1) is 11.8 Å². The average molecular weight is 275 g/mol. The Bertz CT molecular complexity index is 385. The lowest BCUT2D eigenvalue weighted by Gasteiger charge is -2.31. The van der Waals surface area contributed by atoms with Gasteiger partial charge in [-0.2, -0.15) is 0 Å². The fourth-order valence-electron chi connectivity index (χ4n) is 3.44. The van der Waals surface area contributed by atoms with Crippen LogP contribution in [-0.2, 0) is 6.42 Å². The summed E-state index contributed by atoms with van der Waals surface area (Å²) in [6, 6.07) is 9.17. The van der Waals surface area contributed by atoms with Crippen LogP contribution in [0.5, 0.6) is 0 Å². The van der Waals surface area contributed by atoms with Crippen LogP contribution in [0.1, 0.15) is 51.5 Å². The minimum absolute atomic E-state index is 0.228. The van der Waals surface area contributed by atoms with Crippen molar-refractivity contribution in [3.8, 4) is 0 Å². The van der Waals surface area contributed by atoms with Gasteiger partial charge in [0.2, 0.25) is 0 Å². The molecule has 2 rings (SSSR count). The Balaban J connectivity index is 1.85. The second kappa shape index (κ2) is 7.68. The van der Waals surface area contributed by atoms with E-state index in [0.29, 0.717) is 6.04 Å². The zero-order valence-corrected chi connectivity index (χ0v) is 12.9. The van der Waals surface area contributed by atoms with E-state index in [9.17, 15) is 0 Å². The zero-order chi connectivity index (χ0) is 14.4. The minimum atomic E-state index is 0.228. The average Bonchev–Trinajstić information content (AvgIpc) is 2.41. The molecule has 0 amide bonds. The molecule has 1 fully saturated rings. The minimum Gasteiger partial charge on any atom is -0.396 e. The molecule has 0 aromatic heterocycles. The largest absolute Gasteiger partial charge is 0.396 e. The van der Waals surface area contributed by atoms with Crippen molar-refractivity contribution >= 4 is 5.69 Å². The quantitative estimate of drug-likeness (QED) is 0.814. The van der Waals surface area contributed by atoms with Gasteiger partial charge in [0.15, 0.2) is 0 Å². The lowest BCUT2D eigenvalue weighted by Crippen LogP contribution is -2.27. The van der Waals surface area contributed by atoms with Crippen molar-refractivity contribution in [1.29, 1.82) is 0 Å². The van der Waals surface area contributed by atoms with Crippen molar-refractivity contribution in [3.63, 3.8) is 0 Å². The molecular weight excluding hydrogens is 246 g/mol. The molecule has 2 unspecified atom stereocenters. The number of nitrogens with one attached hydrogen (secondary N) is 1. The van der Waals surface area contributed by atoms with Gasteiger partial charge < -0.3 is 10.4 Å². The Hall–Kier alpha value is -1.02. The molecule has 2 nitrogen and oxygen atoms in total. The molecule has 20 heavy (non-hydrogen) atoms. The van der Waals surface area contributed by atoms with Crippen LogP contribution in [0.2, 0.25) is 0 Å². The molecule has 0 bridgehead atoms. The first-order valence-electron chi connectivity index (χ1n) is 8.13. The molecule has 1 aromatic rings. The van der Waals surface area contributed by atoms with Crippen LogP contribution in [-0.4, -0.2) is 17.8 Å². The van der Waals surface area contributed by atoms with Crippen molar-refractivity contribution in [1.82, 2.24) is 0 Å². The summed E-state index contributed by atoms with van der Waals surface area (Å²) in [5.74, 6) is 1.71. The monoisotopic (exact) mass is 275 g/mol. The third-order valence-electron chi connectivity index (χ3n) is 4.31. The number of benzene rings is 1. The van der Waals surface area contributed by atoms with E-state index in [1.165, 1.54) is 43.4 Å². The number of hydrogen-bond acceptors (Lipinski definition) is 2. The highest BCUT2D eigenvalue weighted by Crippen LogP contribution is 2.31. The summed E-state index contributed by atoms with van der Waals surface area (Å²) in [5, 5.41) is 12.6. The third-order valence-corrected chi connectivity index (χ3v) is 4.31. The van der Waals surface area contributed by atoms with Crippen LogP contribution in [0.15, 0.2) is 24.3 Å². The zero-order valence-electron chi connectivity index (χ0n) is 12.9. The van der Waals surface area contributed by atoms with Gasteiger partial charge in [-0.25, -0.2) is 0 Å². The van der Waals surface area contributed by atoms with Crippen LogP contribution in [0.25, 0.3) is 0 Å². The predicted molar refractivity (Wildman–Crippen MR) is 86.1 cm³/mol. The number of hydrogen-bond donors (Lipinski definition) is 2. The number of aliphatic hydroxyl groups excluding tert-OH is 1. The molecule has 1 aliphatic rings. The SMILES string of the molecule is CC(C)CC1CCCC(Nc2ccc(CCO)cc2)C1. The molecule has 0 spiro atoms. The number of aliphatic hydroxyl groups is 1. The third kappa shape index (κ3) is 4.82. The fraction of sp³-hybridized carbons (Fsp3) is 0.667. The Kier molecular flexibility index (Phi) is 5.90. The van der Waals surface area contributed by atoms with E-state index in [1.807, 2.05) is 0 Å². The van der Waals surface area contributed by atoms with Gasteiger partial charge in [0.25, 0.3) is 0 Å². The molecule has 2 atom stereocenters. The van der Waals surface area contributed by atoms with E-state index < -0.39 is 0 Å². The lowest BCUT2D eigenvalue weighted by molar-refractivity contribution is 0.289. The smallest absolute Gasteiger partial charge is 0.0471 e. The molecule has 0 heterocycles. The van der Waals surface area contributed by atoms with Crippen molar-refractivity contribution in [3.05, 3.63) is 29.8 Å². The Morgan fingerprint density at radius 2 is 1.95 bits per heavy atom. The van der Waals surface area contributed by atoms with Gasteiger partial charge in [-0.1, -0.05) is 38.8 Å². The maximum atomic E-state index is 8.94. The molecular formula is C18H29NO. The Morgan fingerprint density at radius 3 is 2.60 bits per heavy atom. The summed E-state index contributed by atoms with van der Waals surface area (Å²) in [4.78, 5) is 0. The molecule has 2 heteroatoms. The highest BCUT2D eigenvalue weighted by Gasteiger charge is 2.22. The molecule has 0 aliphatic heterocycles. The first-order valence-corrected chi connectivity index (χ1v) is 8.13. The van der Waals surface area contributed by atoms with E-state index >= 15 is 0 Å². The van der Waals surface area contributed by atoms with Gasteiger partial charge in [0.1, 0.15) is 0 Å². The van der Waals surface area contributed by atoms with E-state index in [-0.39, 0.29) is 6.61 Å². The Labute approximate surface area is 123 Å². The highest BCUT2D eigenvalue weighted by molar-refractivity contribution is 5.45. The van der Waals surface area contributed by atoms with Crippen molar-refractivity contribution in [2.75, 3.05) is 11.9 Å². The summed E-state index contributed by atoms with van der Waals surface area (Å²) in [6.07, 6.45) is 7.50. The molecule has 1 aromatic carbocycles. The second-order valence-electron chi connectivity index (χ2n) is 6.67. The van der Waals surface area contributed by atoms with Gasteiger partial charge in [-0.05, 0) is 55.2 Å². The van der Waals surface area contributed by atoms with E-state index in [4.69, 9.17) is 5.11 Å². The van der Waals surface area contributed by atoms with Crippen molar-refractivity contribution < 1.29 is 5.11 Å². The maximum Gasteiger partial charge on any atom is 0.0471 e. The van der Waals surface area contributed by atoms with Crippen LogP contribution >= 0.6 is 0 Å². The van der Waals surface area contributed by atoms with Gasteiger partial charge in [0, 0.05) is 18.3 Å². The summed E-state index contributed by atoms with van der Waals surface area (Å²) in [5.41, 5.74) is 2.43. The van der Waals surface area contributed by atoms with Gasteiger partial charge in [-0.15, -0.1) is 0 Å². The summed E-state index contributed by atoms with van der Waals surface area (Å²) >= 11 is 0. The predicted octanol–water partition coefficient (Wildman–Crippen LogP) is 4.24. The molecule has 0 saturated heterocycles. The molecule has 0 radical (unpaired) electrons.